The second-order valence-corrected chi connectivity index (χ2v) is 13.9. The molecule has 0 saturated carbocycles. The average molecular weight is 723 g/mol. The zero-order valence-electron chi connectivity index (χ0n) is 24.4. The van der Waals surface area contributed by atoms with E-state index in [4.69, 9.17) is 0 Å². The van der Waals surface area contributed by atoms with Crippen LogP contribution in [0.2, 0.25) is 0 Å². The summed E-state index contributed by atoms with van der Waals surface area (Å²) in [4.78, 5) is 0. The molecule has 0 spiro atoms. The predicted molar refractivity (Wildman–Crippen MR) is 182 cm³/mol. The average Bonchev–Trinajstić information content (AvgIpc) is 3.04. The van der Waals surface area contributed by atoms with Crippen LogP contribution >= 0.6 is 15.8 Å². The van der Waals surface area contributed by atoms with Crippen LogP contribution in [0.3, 0.4) is 0 Å². The molecule has 0 aliphatic carbocycles. The summed E-state index contributed by atoms with van der Waals surface area (Å²) in [5.74, 6) is 0. The van der Waals surface area contributed by atoms with Crippen molar-refractivity contribution < 1.29 is 37.7 Å². The summed E-state index contributed by atoms with van der Waals surface area (Å²) in [5, 5.41) is 5.89. The standard InChI is InChI=1S/C26H24P2.C10H11.BF4.Pd/c1-5-13-23(14-6-1)27(24-15-7-2-8-16-24)21-22-28(25-17-9-3-10-18-25)26-19-11-4-12-20-26;1-2-3-7-10-8-5-4-6-9-10;2-1(3,4)5;/h1-20H,21-22H2;2-9H,1H3;;/q;;-1;. The van der Waals surface area contributed by atoms with Crippen LogP contribution in [0.15, 0.2) is 152 Å². The zero-order valence-corrected chi connectivity index (χ0v) is 27.7. The molecule has 0 aliphatic rings. The summed E-state index contributed by atoms with van der Waals surface area (Å²) in [6, 6.07) is 54.5. The second-order valence-electron chi connectivity index (χ2n) is 9.24. The van der Waals surface area contributed by atoms with Crippen LogP contribution in [0.4, 0.5) is 17.3 Å². The molecule has 0 bridgehead atoms. The molecule has 0 atom stereocenters. The Morgan fingerprint density at radius 2 is 0.727 bits per heavy atom. The molecule has 0 N–H and O–H groups in total. The van der Waals surface area contributed by atoms with Gasteiger partial charge in [0.25, 0.3) is 0 Å². The SMILES string of the molecule is C[CH][CH][CH]c1ccccc1.F[B-](F)(F)F.[Pd].c1ccc(P(CCP(c2ccccc2)c2ccccc2)c2ccccc2)cc1. The van der Waals surface area contributed by atoms with Gasteiger partial charge >= 0.3 is 7.25 Å². The molecule has 5 rings (SSSR count). The van der Waals surface area contributed by atoms with E-state index in [1.54, 1.807) is 0 Å². The normalized spacial score (nSPS) is 10.6. The summed E-state index contributed by atoms with van der Waals surface area (Å²) in [6.45, 7) is 2.01. The molecule has 0 aliphatic heterocycles. The molecule has 5 aromatic carbocycles. The maximum Gasteiger partial charge on any atom is 0.673 e. The molecule has 5 aromatic rings. The summed E-state index contributed by atoms with van der Waals surface area (Å²) in [5.41, 5.74) is 1.25. The van der Waals surface area contributed by atoms with Crippen LogP contribution in [0, 0.1) is 19.3 Å². The second kappa shape index (κ2) is 21.2. The van der Waals surface area contributed by atoms with Gasteiger partial charge in [0.1, 0.15) is 0 Å². The van der Waals surface area contributed by atoms with Crippen LogP contribution in [-0.4, -0.2) is 19.6 Å². The summed E-state index contributed by atoms with van der Waals surface area (Å²) < 4.78 is 39.0. The Bertz CT molecular complexity index is 1230. The number of halogens is 4. The van der Waals surface area contributed by atoms with E-state index in [0.29, 0.717) is 0 Å². The molecule has 0 fully saturated rings. The topological polar surface area (TPSA) is 0 Å². The molecule has 0 saturated heterocycles. The Labute approximate surface area is 276 Å². The van der Waals surface area contributed by atoms with Gasteiger partial charge in [-0.15, -0.1) is 0 Å². The van der Waals surface area contributed by atoms with E-state index in [1.165, 1.54) is 39.1 Å². The molecule has 3 radical (unpaired) electrons. The van der Waals surface area contributed by atoms with Gasteiger partial charge in [-0.3, -0.25) is 0 Å². The fourth-order valence-electron chi connectivity index (χ4n) is 4.22. The van der Waals surface area contributed by atoms with E-state index in [1.807, 2.05) is 38.0 Å². The Morgan fingerprint density at radius 3 is 0.977 bits per heavy atom. The molecular formula is C36H35BF4P2Pd-. The first-order valence-corrected chi connectivity index (χ1v) is 17.0. The number of rotatable bonds is 10. The van der Waals surface area contributed by atoms with E-state index in [2.05, 4.69) is 140 Å². The largest absolute Gasteiger partial charge is 0.673 e. The summed E-state index contributed by atoms with van der Waals surface area (Å²) >= 11 is 0. The van der Waals surface area contributed by atoms with Crippen LogP contribution < -0.4 is 21.2 Å². The van der Waals surface area contributed by atoms with Crippen molar-refractivity contribution in [3.63, 3.8) is 0 Å². The first-order chi connectivity index (χ1) is 20.8. The molecule has 0 amide bonds. The summed E-state index contributed by atoms with van der Waals surface area (Å²) in [6.07, 6.45) is 8.56. The quantitative estimate of drug-likeness (QED) is 0.0767. The summed E-state index contributed by atoms with van der Waals surface area (Å²) in [7, 11) is -6.70. The number of hydrogen-bond donors (Lipinski definition) is 0. The van der Waals surface area contributed by atoms with Crippen molar-refractivity contribution in [1.82, 2.24) is 0 Å². The molecule has 231 valence electrons. The first kappa shape index (κ1) is 37.6. The Kier molecular flexibility index (Phi) is 18.1. The van der Waals surface area contributed by atoms with Crippen molar-refractivity contribution >= 4 is 44.3 Å². The van der Waals surface area contributed by atoms with Gasteiger partial charge in [-0.05, 0) is 74.2 Å². The monoisotopic (exact) mass is 722 g/mol. The van der Waals surface area contributed by atoms with Gasteiger partial charge in [0.05, 0.1) is 0 Å². The smallest absolute Gasteiger partial charge is 0.418 e. The third-order valence-electron chi connectivity index (χ3n) is 6.10. The zero-order chi connectivity index (χ0) is 30.8. The number of hydrogen-bond acceptors (Lipinski definition) is 0. The van der Waals surface area contributed by atoms with Crippen LogP contribution in [0.1, 0.15) is 12.5 Å². The Hall–Kier alpha value is -2.59. The predicted octanol–water partition coefficient (Wildman–Crippen LogP) is 9.22. The Morgan fingerprint density at radius 1 is 0.477 bits per heavy atom. The van der Waals surface area contributed by atoms with Gasteiger partial charge in [-0.25, -0.2) is 0 Å². The number of benzene rings is 5. The molecule has 0 aromatic heterocycles. The fraction of sp³-hybridized carbons (Fsp3) is 0.0833. The van der Waals surface area contributed by atoms with E-state index < -0.39 is 7.25 Å². The van der Waals surface area contributed by atoms with Gasteiger partial charge in [0.15, 0.2) is 0 Å². The maximum atomic E-state index is 9.75. The fourth-order valence-corrected chi connectivity index (χ4v) is 9.57. The van der Waals surface area contributed by atoms with E-state index in [-0.39, 0.29) is 36.3 Å². The van der Waals surface area contributed by atoms with Gasteiger partial charge in [-0.1, -0.05) is 159 Å². The van der Waals surface area contributed by atoms with Crippen LogP contribution in [-0.2, 0) is 20.4 Å². The van der Waals surface area contributed by atoms with Crippen molar-refractivity contribution in [3.8, 4) is 0 Å². The van der Waals surface area contributed by atoms with Gasteiger partial charge in [0, 0.05) is 20.4 Å². The van der Waals surface area contributed by atoms with Gasteiger partial charge < -0.3 is 17.3 Å². The van der Waals surface area contributed by atoms with Crippen molar-refractivity contribution in [3.05, 3.63) is 176 Å². The van der Waals surface area contributed by atoms with Crippen molar-refractivity contribution in [2.24, 2.45) is 0 Å². The minimum Gasteiger partial charge on any atom is -0.418 e. The minimum atomic E-state index is -6.00. The van der Waals surface area contributed by atoms with Crippen molar-refractivity contribution in [1.29, 1.82) is 0 Å². The molecular weight excluding hydrogens is 688 g/mol. The maximum absolute atomic E-state index is 9.75. The molecule has 0 heterocycles. The third-order valence-corrected chi connectivity index (χ3v) is 11.5. The number of unbranched alkanes of at least 4 members (excludes halogenated alkanes) is 1. The third kappa shape index (κ3) is 14.9. The van der Waals surface area contributed by atoms with E-state index in [9.17, 15) is 17.3 Å². The first-order valence-electron chi connectivity index (χ1n) is 14.0. The Balaban J connectivity index is 0.000000350. The van der Waals surface area contributed by atoms with Crippen molar-refractivity contribution in [2.75, 3.05) is 12.3 Å². The van der Waals surface area contributed by atoms with Gasteiger partial charge in [0.2, 0.25) is 0 Å². The molecule has 8 heteroatoms. The molecule has 44 heavy (non-hydrogen) atoms. The van der Waals surface area contributed by atoms with E-state index in [0.717, 1.165) is 0 Å². The van der Waals surface area contributed by atoms with Crippen molar-refractivity contribution in [2.45, 2.75) is 6.92 Å². The minimum absolute atomic E-state index is 0. The van der Waals surface area contributed by atoms with Gasteiger partial charge in [-0.2, -0.15) is 0 Å². The van der Waals surface area contributed by atoms with E-state index >= 15 is 0 Å². The van der Waals surface area contributed by atoms with Crippen LogP contribution in [0.25, 0.3) is 0 Å². The molecule has 0 nitrogen and oxygen atoms in total. The van der Waals surface area contributed by atoms with Crippen LogP contribution in [0.5, 0.6) is 0 Å². The molecule has 0 unspecified atom stereocenters.